The fraction of sp³-hybridized carbons (Fsp3) is 0.316. The van der Waals surface area contributed by atoms with Gasteiger partial charge in [0, 0.05) is 19.6 Å². The predicted octanol–water partition coefficient (Wildman–Crippen LogP) is 2.09. The van der Waals surface area contributed by atoms with Crippen LogP contribution in [-0.4, -0.2) is 49.2 Å². The van der Waals surface area contributed by atoms with Gasteiger partial charge in [0.05, 0.1) is 18.8 Å². The van der Waals surface area contributed by atoms with E-state index in [2.05, 4.69) is 5.32 Å². The first kappa shape index (κ1) is 19.3. The maximum atomic E-state index is 12.7. The number of rotatable bonds is 7. The van der Waals surface area contributed by atoms with Gasteiger partial charge in [-0.2, -0.15) is 17.0 Å². The van der Waals surface area contributed by atoms with E-state index in [1.807, 2.05) is 43.3 Å². The highest BCUT2D eigenvalue weighted by atomic mass is 32.2. The van der Waals surface area contributed by atoms with Crippen molar-refractivity contribution in [1.82, 2.24) is 8.61 Å². The van der Waals surface area contributed by atoms with Gasteiger partial charge in [0.2, 0.25) is 5.91 Å². The molecule has 7 nitrogen and oxygen atoms in total. The summed E-state index contributed by atoms with van der Waals surface area (Å²) in [7, 11) is -3.66. The van der Waals surface area contributed by atoms with E-state index in [0.717, 1.165) is 5.56 Å². The third-order valence-corrected chi connectivity index (χ3v) is 6.16. The predicted molar refractivity (Wildman–Crippen MR) is 104 cm³/mol. The molecule has 144 valence electrons. The van der Waals surface area contributed by atoms with Gasteiger partial charge in [0.25, 0.3) is 10.2 Å². The zero-order chi connectivity index (χ0) is 19.3. The number of carbonyl (C=O) groups excluding carboxylic acids is 1. The summed E-state index contributed by atoms with van der Waals surface area (Å²) in [4.78, 5) is 12.4. The van der Waals surface area contributed by atoms with Crippen molar-refractivity contribution in [1.29, 1.82) is 0 Å². The van der Waals surface area contributed by atoms with E-state index in [1.165, 1.54) is 8.61 Å². The van der Waals surface area contributed by atoms with Crippen molar-refractivity contribution in [3.05, 3.63) is 60.2 Å². The van der Waals surface area contributed by atoms with Crippen LogP contribution in [0.5, 0.6) is 5.75 Å². The minimum atomic E-state index is -3.66. The molecule has 1 amide bonds. The van der Waals surface area contributed by atoms with E-state index in [0.29, 0.717) is 31.1 Å². The summed E-state index contributed by atoms with van der Waals surface area (Å²) in [5, 5.41) is 2.74. The Hall–Kier alpha value is -2.42. The molecule has 1 aliphatic heterocycles. The van der Waals surface area contributed by atoms with Gasteiger partial charge < -0.3 is 10.1 Å². The minimum Gasteiger partial charge on any atom is -0.492 e. The summed E-state index contributed by atoms with van der Waals surface area (Å²) in [5.41, 5.74) is 1.44. The lowest BCUT2D eigenvalue weighted by molar-refractivity contribution is -0.116. The fourth-order valence-electron chi connectivity index (χ4n) is 2.93. The first-order valence-corrected chi connectivity index (χ1v) is 10.2. The van der Waals surface area contributed by atoms with Crippen LogP contribution in [0.25, 0.3) is 0 Å². The molecule has 8 heteroatoms. The van der Waals surface area contributed by atoms with Crippen molar-refractivity contribution < 1.29 is 17.9 Å². The lowest BCUT2D eigenvalue weighted by atomic mass is 10.2. The summed E-state index contributed by atoms with van der Waals surface area (Å²) >= 11 is 0. The monoisotopic (exact) mass is 389 g/mol. The Morgan fingerprint density at radius 2 is 1.70 bits per heavy atom. The lowest BCUT2D eigenvalue weighted by Crippen LogP contribution is -2.37. The highest BCUT2D eigenvalue weighted by Crippen LogP contribution is 2.24. The second-order valence-corrected chi connectivity index (χ2v) is 8.07. The van der Waals surface area contributed by atoms with Gasteiger partial charge in [-0.05, 0) is 24.6 Å². The molecule has 0 bridgehead atoms. The van der Waals surface area contributed by atoms with Gasteiger partial charge in [0.15, 0.2) is 0 Å². The molecule has 27 heavy (non-hydrogen) atoms. The van der Waals surface area contributed by atoms with Gasteiger partial charge in [-0.25, -0.2) is 0 Å². The van der Waals surface area contributed by atoms with Crippen molar-refractivity contribution >= 4 is 21.8 Å². The standard InChI is InChI=1S/C19H23N3O4S/c1-2-26-18-11-7-6-10-17(18)20-19(23)15-22-13-12-21(27(22,24)25)14-16-8-4-3-5-9-16/h3-11H,2,12-15H2,1H3,(H,20,23). The number of anilines is 1. The second kappa shape index (κ2) is 8.51. The molecular formula is C19H23N3O4S. The summed E-state index contributed by atoms with van der Waals surface area (Å²) < 4.78 is 33.5. The molecule has 2 aromatic carbocycles. The van der Waals surface area contributed by atoms with Crippen molar-refractivity contribution in [3.8, 4) is 5.75 Å². The van der Waals surface area contributed by atoms with Crippen LogP contribution in [0.1, 0.15) is 12.5 Å². The number of carbonyl (C=O) groups is 1. The zero-order valence-corrected chi connectivity index (χ0v) is 16.0. The average Bonchev–Trinajstić information content (AvgIpc) is 2.92. The average molecular weight is 389 g/mol. The maximum Gasteiger partial charge on any atom is 0.282 e. The number of para-hydroxylation sites is 2. The molecule has 0 aromatic heterocycles. The van der Waals surface area contributed by atoms with Crippen LogP contribution in [0.2, 0.25) is 0 Å². The van der Waals surface area contributed by atoms with E-state index in [-0.39, 0.29) is 13.1 Å². The Bertz CT molecular complexity index is 887. The first-order valence-electron chi connectivity index (χ1n) is 8.81. The molecule has 3 rings (SSSR count). The zero-order valence-electron chi connectivity index (χ0n) is 15.2. The van der Waals surface area contributed by atoms with E-state index in [1.54, 1.807) is 18.2 Å². The Balaban J connectivity index is 1.63. The summed E-state index contributed by atoms with van der Waals surface area (Å²) in [5.74, 6) is 0.163. The third kappa shape index (κ3) is 4.65. The lowest BCUT2D eigenvalue weighted by Gasteiger charge is -2.19. The smallest absolute Gasteiger partial charge is 0.282 e. The third-order valence-electron chi connectivity index (χ3n) is 4.23. The molecule has 2 aromatic rings. The van der Waals surface area contributed by atoms with Crippen molar-refractivity contribution in [2.45, 2.75) is 13.5 Å². The van der Waals surface area contributed by atoms with Crippen LogP contribution >= 0.6 is 0 Å². The maximum absolute atomic E-state index is 12.7. The largest absolute Gasteiger partial charge is 0.492 e. The SMILES string of the molecule is CCOc1ccccc1NC(=O)CN1CCN(Cc2ccccc2)S1(=O)=O. The Morgan fingerprint density at radius 3 is 2.44 bits per heavy atom. The fourth-order valence-corrected chi connectivity index (χ4v) is 4.47. The Kier molecular flexibility index (Phi) is 6.10. The van der Waals surface area contributed by atoms with Crippen LogP contribution in [0.15, 0.2) is 54.6 Å². The molecule has 1 aliphatic rings. The highest BCUT2D eigenvalue weighted by molar-refractivity contribution is 7.87. The van der Waals surface area contributed by atoms with Crippen LogP contribution in [0.4, 0.5) is 5.69 Å². The molecule has 0 unspecified atom stereocenters. The molecular weight excluding hydrogens is 366 g/mol. The summed E-state index contributed by atoms with van der Waals surface area (Å²) in [6, 6.07) is 16.5. The Morgan fingerprint density at radius 1 is 1.04 bits per heavy atom. The topological polar surface area (TPSA) is 79.0 Å². The molecule has 1 N–H and O–H groups in total. The number of amides is 1. The number of hydrogen-bond acceptors (Lipinski definition) is 4. The number of benzene rings is 2. The number of nitrogens with one attached hydrogen (secondary N) is 1. The van der Waals surface area contributed by atoms with Crippen LogP contribution in [0.3, 0.4) is 0 Å². The van der Waals surface area contributed by atoms with Crippen molar-refractivity contribution in [2.24, 2.45) is 0 Å². The molecule has 0 atom stereocenters. The van der Waals surface area contributed by atoms with E-state index < -0.39 is 16.1 Å². The molecule has 1 heterocycles. The van der Waals surface area contributed by atoms with Crippen LogP contribution < -0.4 is 10.1 Å². The summed E-state index contributed by atoms with van der Waals surface area (Å²) in [6.07, 6.45) is 0. The summed E-state index contributed by atoms with van der Waals surface area (Å²) in [6.45, 7) is 3.05. The van der Waals surface area contributed by atoms with Crippen LogP contribution in [-0.2, 0) is 21.5 Å². The minimum absolute atomic E-state index is 0.228. The number of nitrogens with zero attached hydrogens (tertiary/aromatic N) is 2. The highest BCUT2D eigenvalue weighted by Gasteiger charge is 2.37. The molecule has 0 aliphatic carbocycles. The van der Waals surface area contributed by atoms with Gasteiger partial charge in [0.1, 0.15) is 5.75 Å². The van der Waals surface area contributed by atoms with Crippen molar-refractivity contribution in [3.63, 3.8) is 0 Å². The van der Waals surface area contributed by atoms with Gasteiger partial charge in [-0.1, -0.05) is 42.5 Å². The molecule has 0 saturated carbocycles. The normalized spacial score (nSPS) is 16.9. The Labute approximate surface area is 159 Å². The van der Waals surface area contributed by atoms with Gasteiger partial charge in [-0.3, -0.25) is 4.79 Å². The van der Waals surface area contributed by atoms with E-state index in [9.17, 15) is 13.2 Å². The first-order chi connectivity index (χ1) is 13.0. The van der Waals surface area contributed by atoms with Gasteiger partial charge >= 0.3 is 0 Å². The number of ether oxygens (including phenoxy) is 1. The number of hydrogen-bond donors (Lipinski definition) is 1. The quantitative estimate of drug-likeness (QED) is 0.786. The second-order valence-electron chi connectivity index (χ2n) is 6.14. The molecule has 1 fully saturated rings. The van der Waals surface area contributed by atoms with Crippen molar-refractivity contribution in [2.75, 3.05) is 31.6 Å². The molecule has 0 spiro atoms. The van der Waals surface area contributed by atoms with Gasteiger partial charge in [-0.15, -0.1) is 0 Å². The molecule has 0 radical (unpaired) electrons. The van der Waals surface area contributed by atoms with E-state index >= 15 is 0 Å². The molecule has 1 saturated heterocycles. The van der Waals surface area contributed by atoms with Crippen LogP contribution in [0, 0.1) is 0 Å². The van der Waals surface area contributed by atoms with E-state index in [4.69, 9.17) is 4.74 Å².